The molecule has 0 fully saturated rings. The molecule has 0 saturated heterocycles. The highest BCUT2D eigenvalue weighted by atomic mass is 127. The lowest BCUT2D eigenvalue weighted by Crippen LogP contribution is -2.54. The number of nitrogens with two attached hydrogens (primary N) is 1. The lowest BCUT2D eigenvalue weighted by Gasteiger charge is -2.28. The van der Waals surface area contributed by atoms with Gasteiger partial charge in [-0.15, -0.1) is 0 Å². The second kappa shape index (κ2) is 6.16. The van der Waals surface area contributed by atoms with E-state index in [1.807, 2.05) is 13.8 Å². The summed E-state index contributed by atoms with van der Waals surface area (Å²) in [5.41, 5.74) is 5.51. The number of hydrogen-bond acceptors (Lipinski definition) is 2. The van der Waals surface area contributed by atoms with E-state index in [1.54, 1.807) is 18.2 Å². The fourth-order valence-corrected chi connectivity index (χ4v) is 2.26. The molecule has 0 heterocycles. The SMILES string of the molecule is CCC(C)(NC(=O)c1cc(Cl)ccc1I)C(N)=S. The molecule has 0 aliphatic carbocycles. The first-order valence-electron chi connectivity index (χ1n) is 5.37. The Bertz CT molecular complexity index is 495. The van der Waals surface area contributed by atoms with E-state index in [-0.39, 0.29) is 10.9 Å². The zero-order valence-corrected chi connectivity index (χ0v) is 13.8. The number of thiocarbonyl (C=S) groups is 1. The van der Waals surface area contributed by atoms with Crippen LogP contribution in [-0.2, 0) is 0 Å². The zero-order valence-electron chi connectivity index (χ0n) is 10.1. The van der Waals surface area contributed by atoms with Gasteiger partial charge >= 0.3 is 0 Å². The normalized spacial score (nSPS) is 13.8. The standard InChI is InChI=1S/C12H14ClIN2OS/c1-3-12(2,11(15)18)16-10(17)8-6-7(13)4-5-9(8)14/h4-6H,3H2,1-2H3,(H2,15,18)(H,16,17). The summed E-state index contributed by atoms with van der Waals surface area (Å²) in [7, 11) is 0. The molecule has 0 radical (unpaired) electrons. The van der Waals surface area contributed by atoms with E-state index in [2.05, 4.69) is 27.9 Å². The molecule has 3 nitrogen and oxygen atoms in total. The summed E-state index contributed by atoms with van der Waals surface area (Å²) >= 11 is 13.0. The Balaban J connectivity index is 3.02. The Kier molecular flexibility index (Phi) is 5.36. The summed E-state index contributed by atoms with van der Waals surface area (Å²) < 4.78 is 0.830. The van der Waals surface area contributed by atoms with Crippen molar-refractivity contribution in [2.24, 2.45) is 5.73 Å². The van der Waals surface area contributed by atoms with Gasteiger partial charge < -0.3 is 11.1 Å². The fraction of sp³-hybridized carbons (Fsp3) is 0.333. The first kappa shape index (κ1) is 15.7. The molecule has 6 heteroatoms. The zero-order chi connectivity index (χ0) is 13.9. The molecule has 0 aliphatic rings. The number of amides is 1. The van der Waals surface area contributed by atoms with E-state index in [9.17, 15) is 4.79 Å². The molecule has 1 amide bonds. The van der Waals surface area contributed by atoms with Crippen LogP contribution < -0.4 is 11.1 Å². The maximum atomic E-state index is 12.2. The minimum absolute atomic E-state index is 0.223. The fourth-order valence-electron chi connectivity index (χ4n) is 1.31. The molecule has 0 spiro atoms. The molecule has 1 unspecified atom stereocenters. The van der Waals surface area contributed by atoms with Crippen molar-refractivity contribution in [2.45, 2.75) is 25.8 Å². The van der Waals surface area contributed by atoms with Crippen LogP contribution in [0.15, 0.2) is 18.2 Å². The number of rotatable bonds is 4. The summed E-state index contributed by atoms with van der Waals surface area (Å²) in [4.78, 5) is 12.5. The van der Waals surface area contributed by atoms with E-state index >= 15 is 0 Å². The quantitative estimate of drug-likeness (QED) is 0.607. The molecule has 3 N–H and O–H groups in total. The van der Waals surface area contributed by atoms with Gasteiger partial charge in [-0.05, 0) is 54.1 Å². The van der Waals surface area contributed by atoms with Crippen LogP contribution in [0.2, 0.25) is 5.02 Å². The van der Waals surface area contributed by atoms with Gasteiger partial charge in [0.1, 0.15) is 0 Å². The Morgan fingerprint density at radius 2 is 2.22 bits per heavy atom. The van der Waals surface area contributed by atoms with E-state index < -0.39 is 5.54 Å². The number of benzene rings is 1. The Hall–Kier alpha value is -0.400. The van der Waals surface area contributed by atoms with Crippen LogP contribution >= 0.6 is 46.4 Å². The van der Waals surface area contributed by atoms with Crippen LogP contribution in [-0.4, -0.2) is 16.4 Å². The molecular weight excluding hydrogens is 383 g/mol. The molecule has 98 valence electrons. The summed E-state index contributed by atoms with van der Waals surface area (Å²) in [5.74, 6) is -0.223. The molecule has 1 atom stereocenters. The topological polar surface area (TPSA) is 55.1 Å². The van der Waals surface area contributed by atoms with Crippen molar-refractivity contribution in [3.05, 3.63) is 32.4 Å². The first-order valence-corrected chi connectivity index (χ1v) is 7.24. The second-order valence-corrected chi connectivity index (χ2v) is 6.17. The van der Waals surface area contributed by atoms with Crippen molar-refractivity contribution in [2.75, 3.05) is 0 Å². The number of nitrogens with one attached hydrogen (secondary N) is 1. The van der Waals surface area contributed by atoms with Crippen LogP contribution in [0.1, 0.15) is 30.6 Å². The second-order valence-electron chi connectivity index (χ2n) is 4.13. The average Bonchev–Trinajstić information content (AvgIpc) is 2.31. The molecule has 0 saturated carbocycles. The average molecular weight is 397 g/mol. The Morgan fingerprint density at radius 1 is 1.61 bits per heavy atom. The van der Waals surface area contributed by atoms with Crippen LogP contribution in [0.3, 0.4) is 0 Å². The van der Waals surface area contributed by atoms with Gasteiger partial charge in [-0.25, -0.2) is 0 Å². The molecular formula is C12H14ClIN2OS. The highest BCUT2D eigenvalue weighted by molar-refractivity contribution is 14.1. The molecule has 1 aromatic rings. The van der Waals surface area contributed by atoms with E-state index in [0.29, 0.717) is 17.0 Å². The van der Waals surface area contributed by atoms with Crippen molar-refractivity contribution in [1.29, 1.82) is 0 Å². The lowest BCUT2D eigenvalue weighted by molar-refractivity contribution is 0.0925. The molecule has 0 aliphatic heterocycles. The van der Waals surface area contributed by atoms with Crippen LogP contribution in [0.4, 0.5) is 0 Å². The van der Waals surface area contributed by atoms with Gasteiger partial charge in [0, 0.05) is 8.59 Å². The van der Waals surface area contributed by atoms with Gasteiger partial charge in [0.15, 0.2) is 0 Å². The largest absolute Gasteiger partial charge is 0.391 e. The Morgan fingerprint density at radius 3 is 2.72 bits per heavy atom. The third kappa shape index (κ3) is 3.55. The number of hydrogen-bond donors (Lipinski definition) is 2. The van der Waals surface area contributed by atoms with Crippen molar-refractivity contribution in [3.8, 4) is 0 Å². The van der Waals surface area contributed by atoms with Gasteiger partial charge in [0.05, 0.1) is 16.1 Å². The third-order valence-electron chi connectivity index (χ3n) is 2.81. The van der Waals surface area contributed by atoms with Gasteiger partial charge in [-0.2, -0.15) is 0 Å². The molecule has 0 bridgehead atoms. The third-order valence-corrected chi connectivity index (χ3v) is 4.44. The van der Waals surface area contributed by atoms with Crippen molar-refractivity contribution >= 4 is 57.3 Å². The highest BCUT2D eigenvalue weighted by Gasteiger charge is 2.28. The summed E-state index contributed by atoms with van der Waals surface area (Å²) in [6, 6.07) is 5.17. The summed E-state index contributed by atoms with van der Waals surface area (Å²) in [6.45, 7) is 3.73. The maximum absolute atomic E-state index is 12.2. The van der Waals surface area contributed by atoms with Crippen molar-refractivity contribution in [3.63, 3.8) is 0 Å². The van der Waals surface area contributed by atoms with Crippen molar-refractivity contribution < 1.29 is 4.79 Å². The van der Waals surface area contributed by atoms with Gasteiger partial charge in [0.25, 0.3) is 5.91 Å². The van der Waals surface area contributed by atoms with E-state index in [1.165, 1.54) is 0 Å². The van der Waals surface area contributed by atoms with Gasteiger partial charge in [-0.3, -0.25) is 4.79 Å². The number of carbonyl (C=O) groups excluding carboxylic acids is 1. The molecule has 0 aromatic heterocycles. The predicted octanol–water partition coefficient (Wildman–Crippen LogP) is 3.13. The van der Waals surface area contributed by atoms with Crippen LogP contribution in [0, 0.1) is 3.57 Å². The summed E-state index contributed by atoms with van der Waals surface area (Å²) in [5, 5.41) is 3.38. The van der Waals surface area contributed by atoms with E-state index in [0.717, 1.165) is 3.57 Å². The molecule has 18 heavy (non-hydrogen) atoms. The van der Waals surface area contributed by atoms with Crippen LogP contribution in [0.25, 0.3) is 0 Å². The highest BCUT2D eigenvalue weighted by Crippen LogP contribution is 2.19. The molecule has 1 rings (SSSR count). The van der Waals surface area contributed by atoms with E-state index in [4.69, 9.17) is 29.6 Å². The Labute approximate surface area is 131 Å². The van der Waals surface area contributed by atoms with Crippen molar-refractivity contribution in [1.82, 2.24) is 5.32 Å². The molecule has 1 aromatic carbocycles. The smallest absolute Gasteiger partial charge is 0.253 e. The van der Waals surface area contributed by atoms with Gasteiger partial charge in [0.2, 0.25) is 0 Å². The maximum Gasteiger partial charge on any atom is 0.253 e. The van der Waals surface area contributed by atoms with Crippen LogP contribution in [0.5, 0.6) is 0 Å². The minimum Gasteiger partial charge on any atom is -0.391 e. The number of carbonyl (C=O) groups is 1. The van der Waals surface area contributed by atoms with Gasteiger partial charge in [-0.1, -0.05) is 30.7 Å². The number of halogens is 2. The lowest BCUT2D eigenvalue weighted by atomic mass is 9.98. The first-order chi connectivity index (χ1) is 8.30. The minimum atomic E-state index is -0.683. The monoisotopic (exact) mass is 396 g/mol. The summed E-state index contributed by atoms with van der Waals surface area (Å²) in [6.07, 6.45) is 0.630. The predicted molar refractivity (Wildman–Crippen MR) is 87.1 cm³/mol.